The Kier molecular flexibility index (Phi) is 8.14. The van der Waals surface area contributed by atoms with Crippen molar-refractivity contribution in [2.75, 3.05) is 32.3 Å². The Labute approximate surface area is 280 Å². The van der Waals surface area contributed by atoms with Crippen LogP contribution in [0, 0.1) is 58.2 Å². The van der Waals surface area contributed by atoms with Crippen LogP contribution in [0.3, 0.4) is 0 Å². The van der Waals surface area contributed by atoms with E-state index in [2.05, 4.69) is 9.62 Å². The fourth-order valence-corrected chi connectivity index (χ4v) is 6.91. The minimum absolute atomic E-state index is 0.0561. The molecule has 5 aromatic rings. The van der Waals surface area contributed by atoms with Crippen molar-refractivity contribution in [2.24, 2.45) is 0 Å². The normalized spacial score (nSPS) is 13.9. The van der Waals surface area contributed by atoms with Crippen molar-refractivity contribution < 1.29 is 43.9 Å². The average Bonchev–Trinajstić information content (AvgIpc) is 3.64. The third kappa shape index (κ3) is 4.63. The van der Waals surface area contributed by atoms with Crippen LogP contribution in [0.4, 0.5) is 78.0 Å². The van der Waals surface area contributed by atoms with Crippen LogP contribution in [0.5, 0.6) is 0 Å². The Balaban J connectivity index is 1.47. The molecule has 2 aliphatic rings. The molecule has 0 saturated heterocycles. The van der Waals surface area contributed by atoms with Crippen LogP contribution in [-0.4, -0.2) is 27.1 Å². The van der Waals surface area contributed by atoms with Gasteiger partial charge in [-0.3, -0.25) is 0 Å². The number of nitrogens with zero attached hydrogens (tertiary/aromatic N) is 4. The van der Waals surface area contributed by atoms with E-state index >= 15 is 17.6 Å². The summed E-state index contributed by atoms with van der Waals surface area (Å²) in [7, 11) is 0. The van der Waals surface area contributed by atoms with Crippen molar-refractivity contribution in [1.82, 2.24) is 0 Å². The van der Waals surface area contributed by atoms with E-state index in [1.807, 2.05) is 38.1 Å². The van der Waals surface area contributed by atoms with E-state index in [4.69, 9.17) is 0 Å². The summed E-state index contributed by atoms with van der Waals surface area (Å²) >= 11 is 0. The zero-order valence-corrected chi connectivity index (χ0v) is 26.1. The molecule has 2 aliphatic heterocycles. The summed E-state index contributed by atoms with van der Waals surface area (Å²) in [5, 5.41) is 0. The van der Waals surface area contributed by atoms with E-state index in [9.17, 15) is 26.3 Å². The molecule has 5 aromatic carbocycles. The van der Waals surface area contributed by atoms with Crippen molar-refractivity contribution >= 4 is 59.0 Å². The summed E-state index contributed by atoms with van der Waals surface area (Å²) in [5.41, 5.74) is -1.18. The van der Waals surface area contributed by atoms with Gasteiger partial charge in [-0.25, -0.2) is 43.9 Å². The molecule has 7 rings (SSSR count). The predicted molar refractivity (Wildman–Crippen MR) is 173 cm³/mol. The monoisotopic (exact) mass is 698 g/mol. The Morgan fingerprint density at radius 1 is 0.380 bits per heavy atom. The average molecular weight is 698 g/mol. The second-order valence-corrected chi connectivity index (χ2v) is 11.5. The first kappa shape index (κ1) is 33.2. The molecular weight excluding hydrogens is 676 g/mol. The fraction of sp³-hybridized carbons (Fsp3) is 0.118. The van der Waals surface area contributed by atoms with Crippen molar-refractivity contribution in [3.63, 3.8) is 0 Å². The molecule has 0 aromatic heterocycles. The molecular formula is C34H22B2F10N4. The highest BCUT2D eigenvalue weighted by atomic mass is 19.2. The van der Waals surface area contributed by atoms with E-state index in [-0.39, 0.29) is 23.8 Å². The molecule has 0 N–H and O–H groups in total. The van der Waals surface area contributed by atoms with Gasteiger partial charge in [0.1, 0.15) is 11.4 Å². The highest BCUT2D eigenvalue weighted by molar-refractivity contribution is 6.85. The van der Waals surface area contributed by atoms with Crippen molar-refractivity contribution in [1.29, 1.82) is 0 Å². The largest absolute Gasteiger partial charge is 0.421 e. The molecule has 0 unspecified atom stereocenters. The second-order valence-electron chi connectivity index (χ2n) is 11.5. The maximum atomic E-state index is 15.6. The van der Waals surface area contributed by atoms with Gasteiger partial charge in [0.15, 0.2) is 46.5 Å². The SMILES string of the molecule is CCN1B(c2ccc(B3N(c4c(F)c(F)c(F)c(F)c4F)c4ccccc4N3c3c(F)c(F)c(F)c(F)c3F)cc2)N(CC)c2ccccc21. The van der Waals surface area contributed by atoms with E-state index < -0.39 is 76.5 Å². The van der Waals surface area contributed by atoms with Gasteiger partial charge in [0.25, 0.3) is 0 Å². The van der Waals surface area contributed by atoms with Crippen molar-refractivity contribution in [3.05, 3.63) is 131 Å². The van der Waals surface area contributed by atoms with Gasteiger partial charge in [0.05, 0.1) is 11.4 Å². The lowest BCUT2D eigenvalue weighted by atomic mass is 9.61. The molecule has 50 heavy (non-hydrogen) atoms. The maximum Gasteiger partial charge on any atom is 0.421 e. The Hall–Kier alpha value is -5.27. The number of fused-ring (bicyclic) bond motifs is 2. The molecule has 0 spiro atoms. The first-order chi connectivity index (χ1) is 23.9. The Bertz CT molecular complexity index is 1980. The standard InChI is InChI=1S/C34H22B2F10N4/c1-3-47-19-9-5-6-10-20(19)48(4-2)35(47)17-13-15-18(16-14-17)36-49(33-29(43)25(39)23(37)26(40)30(33)44)21-11-7-8-12-22(21)50(36)34-31(45)27(41)24(38)28(42)32(34)46/h5-16H,3-4H2,1-2H3. The molecule has 0 aliphatic carbocycles. The van der Waals surface area contributed by atoms with Crippen LogP contribution < -0.4 is 30.2 Å². The van der Waals surface area contributed by atoms with Crippen LogP contribution in [0.2, 0.25) is 0 Å². The number of para-hydroxylation sites is 4. The summed E-state index contributed by atoms with van der Waals surface area (Å²) in [6.45, 7) is 2.79. The lowest BCUT2D eigenvalue weighted by Gasteiger charge is -2.32. The van der Waals surface area contributed by atoms with Gasteiger partial charge in [-0.05, 0) is 49.0 Å². The van der Waals surface area contributed by atoms with Gasteiger partial charge in [-0.2, -0.15) is 0 Å². The number of halogens is 10. The topological polar surface area (TPSA) is 13.0 Å². The molecule has 0 atom stereocenters. The molecule has 0 amide bonds. The van der Waals surface area contributed by atoms with E-state index in [1.54, 1.807) is 12.1 Å². The zero-order valence-electron chi connectivity index (χ0n) is 26.1. The molecule has 16 heteroatoms. The molecule has 0 bridgehead atoms. The van der Waals surface area contributed by atoms with Crippen LogP contribution in [0.15, 0.2) is 72.8 Å². The van der Waals surface area contributed by atoms with E-state index in [0.717, 1.165) is 23.5 Å². The molecule has 0 radical (unpaired) electrons. The maximum absolute atomic E-state index is 15.6. The first-order valence-electron chi connectivity index (χ1n) is 15.4. The molecule has 0 saturated carbocycles. The van der Waals surface area contributed by atoms with Gasteiger partial charge >= 0.3 is 14.0 Å². The third-order valence-electron chi connectivity index (χ3n) is 9.05. The Morgan fingerprint density at radius 2 is 0.660 bits per heavy atom. The summed E-state index contributed by atoms with van der Waals surface area (Å²) in [6.07, 6.45) is 0. The quantitative estimate of drug-likeness (QED) is 0.0777. The van der Waals surface area contributed by atoms with Gasteiger partial charge in [0, 0.05) is 24.5 Å². The number of benzene rings is 5. The smallest absolute Gasteiger partial charge is 0.391 e. The lowest BCUT2D eigenvalue weighted by molar-refractivity contribution is 0.380. The minimum Gasteiger partial charge on any atom is -0.391 e. The van der Waals surface area contributed by atoms with Crippen molar-refractivity contribution in [3.8, 4) is 0 Å². The summed E-state index contributed by atoms with van der Waals surface area (Å²) in [4.78, 5) is 5.39. The predicted octanol–water partition coefficient (Wildman–Crippen LogP) is 7.82. The number of rotatable bonds is 6. The van der Waals surface area contributed by atoms with Crippen LogP contribution in [-0.2, 0) is 0 Å². The van der Waals surface area contributed by atoms with Crippen LogP contribution >= 0.6 is 0 Å². The van der Waals surface area contributed by atoms with Gasteiger partial charge in [0.2, 0.25) is 11.6 Å². The van der Waals surface area contributed by atoms with Crippen LogP contribution in [0.1, 0.15) is 13.8 Å². The summed E-state index contributed by atoms with van der Waals surface area (Å²) in [6, 6.07) is 18.6. The zero-order chi connectivity index (χ0) is 35.8. The van der Waals surface area contributed by atoms with E-state index in [1.165, 1.54) is 24.3 Å². The van der Waals surface area contributed by atoms with E-state index in [0.29, 0.717) is 28.2 Å². The summed E-state index contributed by atoms with van der Waals surface area (Å²) < 4.78 is 149. The molecule has 2 heterocycles. The molecule has 4 nitrogen and oxygen atoms in total. The minimum atomic E-state index is -2.45. The number of anilines is 6. The fourth-order valence-electron chi connectivity index (χ4n) is 6.91. The van der Waals surface area contributed by atoms with Gasteiger partial charge in [-0.15, -0.1) is 0 Å². The lowest BCUT2D eigenvalue weighted by Crippen LogP contribution is -2.58. The summed E-state index contributed by atoms with van der Waals surface area (Å²) in [5.74, 6) is -23.2. The highest BCUT2D eigenvalue weighted by Gasteiger charge is 2.50. The second kappa shape index (κ2) is 12.3. The number of hydrogen-bond donors (Lipinski definition) is 0. The molecule has 254 valence electrons. The molecule has 0 fully saturated rings. The Morgan fingerprint density at radius 3 is 0.980 bits per heavy atom. The van der Waals surface area contributed by atoms with Gasteiger partial charge < -0.3 is 19.2 Å². The van der Waals surface area contributed by atoms with Crippen LogP contribution in [0.25, 0.3) is 0 Å². The highest BCUT2D eigenvalue weighted by Crippen LogP contribution is 2.50. The third-order valence-corrected chi connectivity index (χ3v) is 9.05. The first-order valence-corrected chi connectivity index (χ1v) is 15.4. The number of hydrogen-bond acceptors (Lipinski definition) is 4. The van der Waals surface area contributed by atoms with Gasteiger partial charge in [-0.1, -0.05) is 48.5 Å². The van der Waals surface area contributed by atoms with Crippen molar-refractivity contribution in [2.45, 2.75) is 13.8 Å².